The maximum atomic E-state index is 11.9. The first-order chi connectivity index (χ1) is 54.4. The average Bonchev–Trinajstić information content (AvgIpc) is 1.74. The second-order valence-electron chi connectivity index (χ2n) is 32.4. The zero-order valence-electron chi connectivity index (χ0n) is 75.1. The van der Waals surface area contributed by atoms with Crippen LogP contribution in [0.15, 0.2) is 0 Å². The molecule has 0 aromatic heterocycles. The molecule has 0 aliphatic carbocycles. The van der Waals surface area contributed by atoms with Crippen LogP contribution in [0.1, 0.15) is 198 Å². The summed E-state index contributed by atoms with van der Waals surface area (Å²) in [6.45, 7) is 48.8. The third kappa shape index (κ3) is 76.2. The van der Waals surface area contributed by atoms with Crippen molar-refractivity contribution in [3.63, 3.8) is 0 Å². The number of carboxylic acid groups (broad SMARTS) is 1. The number of rotatable bonds is 6. The zero-order valence-corrected chi connectivity index (χ0v) is 79.4. The topological polar surface area (TPSA) is 617 Å². The van der Waals surface area contributed by atoms with E-state index >= 15 is 0 Å². The zero-order chi connectivity index (χ0) is 95.6. The van der Waals surface area contributed by atoms with Gasteiger partial charge in [0, 0.05) is 125 Å². The van der Waals surface area contributed by atoms with Gasteiger partial charge in [-0.3, -0.25) is 4.79 Å². The maximum absolute atomic E-state index is 11.9. The fraction of sp³-hybridized carbons (Fsp3) is 0.797. The van der Waals surface area contributed by atoms with Crippen molar-refractivity contribution in [3.8, 4) is 12.1 Å². The van der Waals surface area contributed by atoms with Crippen LogP contribution in [0.25, 0.3) is 0 Å². The number of methoxy groups -OCH3 is 2. The van der Waals surface area contributed by atoms with Crippen LogP contribution in [-0.2, 0) is 144 Å². The molecule has 0 spiro atoms. The summed E-state index contributed by atoms with van der Waals surface area (Å²) in [4.78, 5) is 189. The second-order valence-corrected chi connectivity index (χ2v) is 33.3. The Bertz CT molecular complexity index is 3230. The van der Waals surface area contributed by atoms with E-state index in [1.54, 1.807) is 80.5 Å². The molecule has 6 rings (SSSR count). The molecule has 123 heavy (non-hydrogen) atoms. The Morgan fingerprint density at radius 3 is 0.837 bits per heavy atom. The Hall–Kier alpha value is -7.97. The van der Waals surface area contributed by atoms with Gasteiger partial charge in [0.05, 0.1) is 43.1 Å². The molecule has 0 aromatic carbocycles. The summed E-state index contributed by atoms with van der Waals surface area (Å²) in [5, 5.41) is 35.5. The number of carboxylic acids is 1. The molecule has 703 valence electrons. The first-order valence-electron chi connectivity index (χ1n) is 36.2. The SMILES string of the molecule is COC[C@H]1CCN(C(=O)OC(C)(C)C)C1.COC[C@H]1C[C@@H](C)N(C(=O)OC(C)(C)C)C1.C[C@@H]1C[C@H](C#N)CN1C(=O)OC(C)(C)C.C[C@@H]1C[C@H](C#N)CN1C(=O)OC(C)(C)C.C[C@@H]1C[C@H](C(=O)O)CN1C(=O)OC(C)(C)C.C[C@@H]1C[C@H](CO)CN1C(=O)OC(C)(C)C.O=C=O.O=C=O.O=C=O.O=C=O.O=C=O.O=C=O.O=[S-](=O)C(F)(F)F.[Li+].[Na+].[OH-].[OH-].[O]=[Ag]. The van der Waals surface area contributed by atoms with Crippen molar-refractivity contribution in [2.75, 3.05) is 79.9 Å². The molecule has 49 heteroatoms. The van der Waals surface area contributed by atoms with E-state index in [9.17, 15) is 46.7 Å². The molecule has 0 aromatic rings. The molecular weight excluding hydrogens is 1770 g/mol. The molecule has 0 unspecified atom stereocenters. The number of nitriles is 2. The van der Waals surface area contributed by atoms with Gasteiger partial charge >= 0.3 is 158 Å². The predicted octanol–water partition coefficient (Wildman–Crippen LogP) is 2.67. The minimum atomic E-state index is -5.08. The molecular formula is C74H122AgF3LiN8NaO34S-. The molecule has 6 saturated heterocycles. The molecule has 6 aliphatic heterocycles. The number of aliphatic hydroxyl groups excluding tert-OH is 1. The van der Waals surface area contributed by atoms with Crippen molar-refractivity contribution in [1.29, 1.82) is 10.5 Å². The molecule has 6 aliphatic rings. The standard InChI is InChI=1S/C12H23NO3.2C11H18N2O2.C11H19NO4.2C11H21NO3.CF3O2S.6CO2.Ag.Li.Na.2H2O.O/c1-9-6-10(8-15-5)7-13(9)11(14)16-12(2,3)4;2*1-8-5-9(6-12)7-13(8)10(14)15-11(2,3)4;1-7-5-8(9(13)14)6-12(7)10(15)16-11(2,3)4;1-8-5-9(7-13)6-12(8)10(14)15-11(2,3)4;1-11(2,3)15-10(13)12-6-5-9(7-12)8-14-4;2-1(3,4)7(5)6;6*2-1-3;;;;;;/h9-10H,6-8H2,1-5H3;2*8-9H,5,7H2,1-4H3;7-8H,5-6H2,1-4H3,(H,13,14);8-9,13H,5-7H2,1-4H3;9H,5-8H2,1-4H3;;;;;;;;;;;2*1H2;/q;;;;;;-1;;;;;;;;2*+1;;;/p-2/t9-,10+;2*8-,9-;7-,8+;8-,9+;9-;;;;;;;;;;;;;/m111110............./s1. The third-order valence-electron chi connectivity index (χ3n) is 15.1. The van der Waals surface area contributed by atoms with E-state index in [0.717, 1.165) is 58.3 Å². The monoisotopic (exact) mass is 1890 g/mol. The van der Waals surface area contributed by atoms with Gasteiger partial charge in [-0.25, -0.2) is 28.8 Å². The van der Waals surface area contributed by atoms with Crippen LogP contribution in [0.2, 0.25) is 0 Å². The Morgan fingerprint density at radius 1 is 0.407 bits per heavy atom. The van der Waals surface area contributed by atoms with Gasteiger partial charge in [-0.1, -0.05) is 0 Å². The van der Waals surface area contributed by atoms with Gasteiger partial charge in [-0.05, 0) is 198 Å². The van der Waals surface area contributed by atoms with Crippen molar-refractivity contribution >= 4 is 90.1 Å². The number of hydrogen-bond acceptors (Lipinski definition) is 36. The quantitative estimate of drug-likeness (QED) is 0.219. The minimum absolute atomic E-state index is 0. The Balaban J connectivity index is -0.000000113. The molecule has 0 bridgehead atoms. The molecule has 6 amide bonds. The Morgan fingerprint density at radius 2 is 0.626 bits per heavy atom. The van der Waals surface area contributed by atoms with E-state index in [0.29, 0.717) is 44.5 Å². The van der Waals surface area contributed by atoms with Crippen molar-refractivity contribution < 1.29 is 244 Å². The first-order valence-corrected chi connectivity index (χ1v) is 37.9. The van der Waals surface area contributed by atoms with E-state index in [1.807, 2.05) is 132 Å². The summed E-state index contributed by atoms with van der Waals surface area (Å²) in [7, 11) is -0.547. The number of amides is 6. The number of aliphatic hydroxyl groups is 1. The number of carbonyl (C=O) groups is 7. The summed E-state index contributed by atoms with van der Waals surface area (Å²) in [5.41, 5.74) is -7.85. The van der Waals surface area contributed by atoms with E-state index in [2.05, 4.69) is 19.1 Å². The summed E-state index contributed by atoms with van der Waals surface area (Å²) in [5.74, 6) is -0.317. The Kier molecular flexibility index (Phi) is 83.9. The van der Waals surface area contributed by atoms with Gasteiger partial charge in [0.15, 0.2) is 0 Å². The van der Waals surface area contributed by atoms with Gasteiger partial charge in [-0.2, -0.15) is 81.2 Å². The predicted molar refractivity (Wildman–Crippen MR) is 398 cm³/mol. The first kappa shape index (κ1) is 141. The van der Waals surface area contributed by atoms with Crippen molar-refractivity contribution in [1.82, 2.24) is 29.4 Å². The van der Waals surface area contributed by atoms with Gasteiger partial charge in [0.2, 0.25) is 0 Å². The second kappa shape index (κ2) is 73.2. The van der Waals surface area contributed by atoms with Crippen LogP contribution in [0.4, 0.5) is 41.9 Å². The summed E-state index contributed by atoms with van der Waals surface area (Å²) < 4.78 is 99.4. The van der Waals surface area contributed by atoms with Crippen LogP contribution < -0.4 is 48.4 Å². The van der Waals surface area contributed by atoms with Gasteiger partial charge in [0.25, 0.3) is 0 Å². The van der Waals surface area contributed by atoms with Crippen molar-refractivity contribution in [2.45, 2.75) is 267 Å². The molecule has 42 nitrogen and oxygen atoms in total. The summed E-state index contributed by atoms with van der Waals surface area (Å²) >= 11 is 1.70. The van der Waals surface area contributed by atoms with E-state index < -0.39 is 67.8 Å². The van der Waals surface area contributed by atoms with Gasteiger partial charge in [0.1, 0.15) is 33.6 Å². The van der Waals surface area contributed by atoms with Crippen LogP contribution in [-0.4, -0.2) is 279 Å². The molecule has 4 N–H and O–H groups in total. The van der Waals surface area contributed by atoms with Crippen molar-refractivity contribution in [3.05, 3.63) is 0 Å². The molecule has 6 heterocycles. The number of aliphatic carboxylic acids is 1. The molecule has 0 radical (unpaired) electrons. The van der Waals surface area contributed by atoms with Crippen LogP contribution in [0.3, 0.4) is 0 Å². The van der Waals surface area contributed by atoms with Crippen LogP contribution >= 0.6 is 0 Å². The van der Waals surface area contributed by atoms with Crippen LogP contribution in [0, 0.1) is 58.2 Å². The molecule has 11 atom stereocenters. The third-order valence-corrected chi connectivity index (χ3v) is 15.5. The summed E-state index contributed by atoms with van der Waals surface area (Å²) in [6, 6.07) is 4.92. The van der Waals surface area contributed by atoms with E-state index in [1.165, 1.54) is 4.90 Å². The van der Waals surface area contributed by atoms with E-state index in [4.69, 9.17) is 128 Å². The average molecular weight is 1890 g/mol. The van der Waals surface area contributed by atoms with Crippen molar-refractivity contribution in [2.24, 2.45) is 35.5 Å². The van der Waals surface area contributed by atoms with E-state index in [-0.39, 0.29) is 188 Å². The molecule has 6 fully saturated rings. The number of halogens is 3. The number of carbonyl (C=O) groups excluding carboxylic acids is 18. The van der Waals surface area contributed by atoms with Gasteiger partial charge < -0.3 is 96.9 Å². The number of ether oxygens (including phenoxy) is 8. The molecule has 0 saturated carbocycles. The fourth-order valence-electron chi connectivity index (χ4n) is 10.8. The number of likely N-dealkylation sites (tertiary alicyclic amines) is 6. The van der Waals surface area contributed by atoms with Crippen LogP contribution in [0.5, 0.6) is 0 Å². The summed E-state index contributed by atoms with van der Waals surface area (Å²) in [6.07, 6.45) is 4.60. The normalized spacial score (nSPS) is 20.2. The Labute approximate surface area is 764 Å². The number of hydrogen-bond donors (Lipinski definition) is 2. The number of alkyl halides is 3. The van der Waals surface area contributed by atoms with Gasteiger partial charge in [-0.15, -0.1) is 0 Å². The number of nitrogens with zero attached hydrogens (tertiary/aromatic N) is 8. The fourth-order valence-corrected chi connectivity index (χ4v) is 10.8.